The normalized spacial score (nSPS) is 16.1. The number of rotatable bonds is 9. The second-order valence-corrected chi connectivity index (χ2v) is 8.88. The molecule has 2 heterocycles. The van der Waals surface area contributed by atoms with Gasteiger partial charge in [0.15, 0.2) is 0 Å². The maximum Gasteiger partial charge on any atom is 0.242 e. The van der Waals surface area contributed by atoms with Crippen LogP contribution in [0.2, 0.25) is 0 Å². The second-order valence-electron chi connectivity index (χ2n) is 8.88. The highest BCUT2D eigenvalue weighted by Gasteiger charge is 2.35. The number of fused-ring (bicyclic) bond motifs is 1. The summed E-state index contributed by atoms with van der Waals surface area (Å²) in [7, 11) is 0. The van der Waals surface area contributed by atoms with E-state index in [9.17, 15) is 9.59 Å². The number of amides is 2. The average molecular weight is 464 g/mol. The maximum atomic E-state index is 13.3. The van der Waals surface area contributed by atoms with Gasteiger partial charge >= 0.3 is 0 Å². The van der Waals surface area contributed by atoms with E-state index in [-0.39, 0.29) is 17.2 Å². The molecule has 1 fully saturated rings. The molecule has 0 radical (unpaired) electrons. The van der Waals surface area contributed by atoms with E-state index in [0.29, 0.717) is 32.8 Å². The lowest BCUT2D eigenvalue weighted by Crippen LogP contribution is -2.51. The van der Waals surface area contributed by atoms with Crippen molar-refractivity contribution >= 4 is 22.7 Å². The van der Waals surface area contributed by atoms with E-state index in [1.807, 2.05) is 49.5 Å². The minimum absolute atomic E-state index is 0.183. The highest BCUT2D eigenvalue weighted by molar-refractivity contribution is 5.89. The molecule has 2 amide bonds. The topological polar surface area (TPSA) is 92.5 Å². The predicted molar refractivity (Wildman–Crippen MR) is 132 cm³/mol. The summed E-state index contributed by atoms with van der Waals surface area (Å²) in [4.78, 5) is 28.5. The molecule has 34 heavy (non-hydrogen) atoms. The fourth-order valence-electron chi connectivity index (χ4n) is 4.76. The fraction of sp³-hybridized carbons (Fsp3) is 0.407. The largest absolute Gasteiger partial charge is 0.494 e. The van der Waals surface area contributed by atoms with Gasteiger partial charge in [-0.3, -0.25) is 9.59 Å². The molecule has 2 aromatic carbocycles. The Balaban J connectivity index is 1.50. The van der Waals surface area contributed by atoms with Gasteiger partial charge in [0.05, 0.1) is 6.61 Å². The zero-order chi connectivity index (χ0) is 24.0. The number of ether oxygens (including phenoxy) is 2. The van der Waals surface area contributed by atoms with Gasteiger partial charge in [0, 0.05) is 55.6 Å². The Morgan fingerprint density at radius 2 is 1.85 bits per heavy atom. The van der Waals surface area contributed by atoms with Crippen LogP contribution in [0, 0.1) is 0 Å². The van der Waals surface area contributed by atoms with E-state index in [0.717, 1.165) is 40.6 Å². The number of H-pyrrole nitrogens is 1. The summed E-state index contributed by atoms with van der Waals surface area (Å²) in [6.45, 7) is 5.80. The molecule has 7 heteroatoms. The molecule has 7 nitrogen and oxygen atoms in total. The van der Waals surface area contributed by atoms with Crippen molar-refractivity contribution in [3.63, 3.8) is 0 Å². The minimum Gasteiger partial charge on any atom is -0.494 e. The predicted octanol–water partition coefficient (Wildman–Crippen LogP) is 3.48. The highest BCUT2D eigenvalue weighted by atomic mass is 16.5. The number of carbonyl (C=O) groups is 2. The van der Waals surface area contributed by atoms with Crippen LogP contribution < -0.4 is 15.4 Å². The molecular formula is C27H33N3O4. The Hall–Kier alpha value is -3.32. The smallest absolute Gasteiger partial charge is 0.242 e. The van der Waals surface area contributed by atoms with Crippen LogP contribution in [0.15, 0.2) is 54.7 Å². The third kappa shape index (κ3) is 5.42. The number of aromatic amines is 1. The van der Waals surface area contributed by atoms with Crippen LogP contribution in [0.3, 0.4) is 0 Å². The lowest BCUT2D eigenvalue weighted by Gasteiger charge is -2.38. The number of benzene rings is 2. The van der Waals surface area contributed by atoms with Crippen molar-refractivity contribution in [1.82, 2.24) is 15.6 Å². The van der Waals surface area contributed by atoms with Crippen molar-refractivity contribution in [2.75, 3.05) is 26.4 Å². The second kappa shape index (κ2) is 10.7. The van der Waals surface area contributed by atoms with Crippen LogP contribution in [-0.4, -0.2) is 49.2 Å². The van der Waals surface area contributed by atoms with Crippen LogP contribution in [0.4, 0.5) is 0 Å². The molecule has 1 atom stereocenters. The molecule has 0 aliphatic carbocycles. The van der Waals surface area contributed by atoms with Crippen molar-refractivity contribution in [3.8, 4) is 5.75 Å². The highest BCUT2D eigenvalue weighted by Crippen LogP contribution is 2.35. The van der Waals surface area contributed by atoms with Crippen LogP contribution >= 0.6 is 0 Å². The molecule has 0 bridgehead atoms. The quantitative estimate of drug-likeness (QED) is 0.453. The summed E-state index contributed by atoms with van der Waals surface area (Å²) >= 11 is 0. The molecule has 0 spiro atoms. The molecule has 1 saturated heterocycles. The third-order valence-electron chi connectivity index (χ3n) is 6.62. The van der Waals surface area contributed by atoms with Gasteiger partial charge in [-0.2, -0.15) is 0 Å². The standard InChI is InChI=1S/C27H33N3O4/c1-3-34-22-10-8-21(9-11-22)27(12-14-33-15-13-27)18-29-26(32)25(30-19(2)31)16-20-17-28-24-7-5-4-6-23(20)24/h4-11,17,25,28H,3,12-16,18H2,1-2H3,(H,29,32)(H,30,31). The molecule has 1 unspecified atom stereocenters. The van der Waals surface area contributed by atoms with Gasteiger partial charge < -0.3 is 25.1 Å². The van der Waals surface area contributed by atoms with Crippen molar-refractivity contribution in [2.45, 2.75) is 44.6 Å². The first-order chi connectivity index (χ1) is 16.5. The van der Waals surface area contributed by atoms with Crippen molar-refractivity contribution in [2.24, 2.45) is 0 Å². The van der Waals surface area contributed by atoms with Crippen LogP contribution in [-0.2, 0) is 26.2 Å². The van der Waals surface area contributed by atoms with Gasteiger partial charge in [0.1, 0.15) is 11.8 Å². The van der Waals surface area contributed by atoms with Gasteiger partial charge in [-0.1, -0.05) is 30.3 Å². The summed E-state index contributed by atoms with van der Waals surface area (Å²) in [6.07, 6.45) is 3.95. The van der Waals surface area contributed by atoms with Crippen LogP contribution in [0.5, 0.6) is 5.75 Å². The van der Waals surface area contributed by atoms with E-state index < -0.39 is 6.04 Å². The molecule has 1 aromatic heterocycles. The number of aromatic nitrogens is 1. The van der Waals surface area contributed by atoms with Gasteiger partial charge in [0.2, 0.25) is 11.8 Å². The zero-order valence-electron chi connectivity index (χ0n) is 19.9. The number of hydrogen-bond donors (Lipinski definition) is 3. The third-order valence-corrected chi connectivity index (χ3v) is 6.62. The van der Waals surface area contributed by atoms with E-state index in [1.165, 1.54) is 6.92 Å². The van der Waals surface area contributed by atoms with Crippen molar-refractivity contribution in [1.29, 1.82) is 0 Å². The monoisotopic (exact) mass is 463 g/mol. The van der Waals surface area contributed by atoms with Gasteiger partial charge in [-0.15, -0.1) is 0 Å². The first kappa shape index (κ1) is 23.8. The Labute approximate surface area is 200 Å². The van der Waals surface area contributed by atoms with Gasteiger partial charge in [0.25, 0.3) is 0 Å². The lowest BCUT2D eigenvalue weighted by atomic mass is 9.74. The molecule has 3 aromatic rings. The number of para-hydroxylation sites is 1. The average Bonchev–Trinajstić information content (AvgIpc) is 3.26. The number of hydrogen-bond acceptors (Lipinski definition) is 4. The molecule has 1 aliphatic heterocycles. The first-order valence-corrected chi connectivity index (χ1v) is 11.9. The van der Waals surface area contributed by atoms with E-state index >= 15 is 0 Å². The van der Waals surface area contributed by atoms with Crippen LogP contribution in [0.25, 0.3) is 10.9 Å². The van der Waals surface area contributed by atoms with Crippen molar-refractivity contribution < 1.29 is 19.1 Å². The SMILES string of the molecule is CCOc1ccc(C2(CNC(=O)C(Cc3c[nH]c4ccccc34)NC(C)=O)CCOCC2)cc1. The number of carbonyl (C=O) groups excluding carboxylic acids is 2. The summed E-state index contributed by atoms with van der Waals surface area (Å²) in [5.41, 5.74) is 2.94. The molecule has 1 aliphatic rings. The first-order valence-electron chi connectivity index (χ1n) is 11.9. The van der Waals surface area contributed by atoms with E-state index in [2.05, 4.69) is 27.8 Å². The van der Waals surface area contributed by atoms with E-state index in [1.54, 1.807) is 0 Å². The van der Waals surface area contributed by atoms with Crippen LogP contribution in [0.1, 0.15) is 37.8 Å². The summed E-state index contributed by atoms with van der Waals surface area (Å²) < 4.78 is 11.2. The Morgan fingerprint density at radius 1 is 1.12 bits per heavy atom. The Bertz CT molecular complexity index is 1120. The van der Waals surface area contributed by atoms with Gasteiger partial charge in [-0.05, 0) is 49.1 Å². The summed E-state index contributed by atoms with van der Waals surface area (Å²) in [5, 5.41) is 7.04. The molecule has 180 valence electrons. The van der Waals surface area contributed by atoms with Crippen molar-refractivity contribution in [3.05, 3.63) is 65.9 Å². The molecule has 3 N–H and O–H groups in total. The summed E-state index contributed by atoms with van der Waals surface area (Å²) in [5.74, 6) is 0.423. The zero-order valence-corrected chi connectivity index (χ0v) is 19.9. The Kier molecular flexibility index (Phi) is 7.53. The molecular weight excluding hydrogens is 430 g/mol. The maximum absolute atomic E-state index is 13.3. The Morgan fingerprint density at radius 3 is 2.56 bits per heavy atom. The lowest BCUT2D eigenvalue weighted by molar-refractivity contribution is -0.128. The summed E-state index contributed by atoms with van der Waals surface area (Å²) in [6, 6.07) is 15.4. The molecule has 0 saturated carbocycles. The van der Waals surface area contributed by atoms with Gasteiger partial charge in [-0.25, -0.2) is 0 Å². The number of nitrogens with one attached hydrogen (secondary N) is 3. The van der Waals surface area contributed by atoms with E-state index in [4.69, 9.17) is 9.47 Å². The minimum atomic E-state index is -0.658. The fourth-order valence-corrected chi connectivity index (χ4v) is 4.76. The molecule has 4 rings (SSSR count).